The summed E-state index contributed by atoms with van der Waals surface area (Å²) in [7, 11) is 0. The van der Waals surface area contributed by atoms with E-state index in [2.05, 4.69) is 4.98 Å². The van der Waals surface area contributed by atoms with E-state index in [1.165, 1.54) is 0 Å². The number of rotatable bonds is 0. The monoisotopic (exact) mass is 177 g/mol. The zero-order valence-corrected chi connectivity index (χ0v) is 7.45. The van der Waals surface area contributed by atoms with Crippen LogP contribution < -0.4 is 10.6 Å². The Morgan fingerprint density at radius 3 is 3.15 bits per heavy atom. The number of nitrogens with zero attached hydrogens (tertiary/aromatic N) is 2. The van der Waals surface area contributed by atoms with Crippen molar-refractivity contribution in [2.75, 3.05) is 17.2 Å². The van der Waals surface area contributed by atoms with Gasteiger partial charge in [-0.1, -0.05) is 0 Å². The van der Waals surface area contributed by atoms with E-state index in [9.17, 15) is 4.79 Å². The molecule has 13 heavy (non-hydrogen) atoms. The molecule has 0 unspecified atom stereocenters. The van der Waals surface area contributed by atoms with Gasteiger partial charge in [0.15, 0.2) is 0 Å². The lowest BCUT2D eigenvalue weighted by Crippen LogP contribution is -2.26. The van der Waals surface area contributed by atoms with Gasteiger partial charge in [-0.05, 0) is 18.1 Å². The lowest BCUT2D eigenvalue weighted by atomic mass is 10.2. The maximum Gasteiger partial charge on any atom is 0.225 e. The summed E-state index contributed by atoms with van der Waals surface area (Å²) in [5.41, 5.74) is 7.31. The SMILES string of the molecule is CC(=O)N1CCc2cc(N)cnc21. The fourth-order valence-electron chi connectivity index (χ4n) is 1.59. The molecule has 1 amide bonds. The molecule has 0 spiro atoms. The summed E-state index contributed by atoms with van der Waals surface area (Å²) in [6.45, 7) is 2.27. The van der Waals surface area contributed by atoms with Crippen molar-refractivity contribution in [1.29, 1.82) is 0 Å². The molecule has 0 atom stereocenters. The lowest BCUT2D eigenvalue weighted by Gasteiger charge is -2.12. The second-order valence-electron chi connectivity index (χ2n) is 3.17. The molecule has 0 aliphatic carbocycles. The Balaban J connectivity index is 2.44. The summed E-state index contributed by atoms with van der Waals surface area (Å²) in [5.74, 6) is 0.803. The first-order chi connectivity index (χ1) is 6.18. The van der Waals surface area contributed by atoms with Crippen LogP contribution in [0.2, 0.25) is 0 Å². The molecule has 1 aromatic heterocycles. The van der Waals surface area contributed by atoms with Crippen molar-refractivity contribution in [3.05, 3.63) is 17.8 Å². The maximum absolute atomic E-state index is 11.1. The van der Waals surface area contributed by atoms with E-state index in [1.807, 2.05) is 6.07 Å². The van der Waals surface area contributed by atoms with Gasteiger partial charge in [-0.2, -0.15) is 0 Å². The summed E-state index contributed by atoms with van der Waals surface area (Å²) in [6.07, 6.45) is 2.44. The van der Waals surface area contributed by atoms with Crippen LogP contribution >= 0.6 is 0 Å². The van der Waals surface area contributed by atoms with E-state index in [0.717, 1.165) is 24.3 Å². The Morgan fingerprint density at radius 1 is 1.69 bits per heavy atom. The van der Waals surface area contributed by atoms with Gasteiger partial charge in [0.2, 0.25) is 5.91 Å². The molecule has 0 saturated heterocycles. The minimum Gasteiger partial charge on any atom is -0.397 e. The number of carbonyl (C=O) groups is 1. The number of anilines is 2. The number of nitrogens with two attached hydrogens (primary N) is 1. The summed E-state index contributed by atoms with van der Waals surface area (Å²) in [4.78, 5) is 17.0. The number of amides is 1. The van der Waals surface area contributed by atoms with Crippen LogP contribution in [-0.2, 0) is 11.2 Å². The third-order valence-corrected chi connectivity index (χ3v) is 2.20. The Bertz CT molecular complexity index is 362. The first-order valence-electron chi connectivity index (χ1n) is 4.21. The van der Waals surface area contributed by atoms with Crippen molar-refractivity contribution >= 4 is 17.4 Å². The van der Waals surface area contributed by atoms with Crippen molar-refractivity contribution in [2.45, 2.75) is 13.3 Å². The zero-order chi connectivity index (χ0) is 9.42. The Hall–Kier alpha value is -1.58. The zero-order valence-electron chi connectivity index (χ0n) is 7.45. The van der Waals surface area contributed by atoms with Gasteiger partial charge in [0, 0.05) is 13.5 Å². The molecule has 1 aliphatic heterocycles. The molecule has 0 bridgehead atoms. The van der Waals surface area contributed by atoms with E-state index in [-0.39, 0.29) is 5.91 Å². The van der Waals surface area contributed by atoms with Crippen LogP contribution in [0.5, 0.6) is 0 Å². The summed E-state index contributed by atoms with van der Waals surface area (Å²) >= 11 is 0. The topological polar surface area (TPSA) is 59.2 Å². The van der Waals surface area contributed by atoms with Crippen LogP contribution in [0.3, 0.4) is 0 Å². The molecule has 68 valence electrons. The van der Waals surface area contributed by atoms with Gasteiger partial charge in [0.25, 0.3) is 0 Å². The number of pyridine rings is 1. The third kappa shape index (κ3) is 1.24. The average molecular weight is 177 g/mol. The molecule has 2 rings (SSSR count). The molecule has 2 N–H and O–H groups in total. The molecule has 0 saturated carbocycles. The van der Waals surface area contributed by atoms with Crippen LogP contribution in [0.4, 0.5) is 11.5 Å². The van der Waals surface area contributed by atoms with E-state index in [0.29, 0.717) is 5.69 Å². The lowest BCUT2D eigenvalue weighted by molar-refractivity contribution is -0.116. The van der Waals surface area contributed by atoms with Crippen LogP contribution in [0, 0.1) is 0 Å². The highest BCUT2D eigenvalue weighted by Crippen LogP contribution is 2.26. The summed E-state index contributed by atoms with van der Waals surface area (Å²) in [5, 5.41) is 0. The van der Waals surface area contributed by atoms with Crippen molar-refractivity contribution in [2.24, 2.45) is 0 Å². The van der Waals surface area contributed by atoms with Crippen molar-refractivity contribution in [3.63, 3.8) is 0 Å². The number of hydrogen-bond donors (Lipinski definition) is 1. The molecule has 0 fully saturated rings. The van der Waals surface area contributed by atoms with Gasteiger partial charge in [0.05, 0.1) is 11.9 Å². The number of fused-ring (bicyclic) bond motifs is 1. The fourth-order valence-corrected chi connectivity index (χ4v) is 1.59. The molecule has 1 aromatic rings. The summed E-state index contributed by atoms with van der Waals surface area (Å²) in [6, 6.07) is 1.88. The molecule has 1 aliphatic rings. The minimum absolute atomic E-state index is 0.0380. The molecule has 0 radical (unpaired) electrons. The van der Waals surface area contributed by atoms with E-state index >= 15 is 0 Å². The van der Waals surface area contributed by atoms with Gasteiger partial charge in [-0.25, -0.2) is 4.98 Å². The first kappa shape index (κ1) is 8.04. The predicted molar refractivity (Wildman–Crippen MR) is 50.4 cm³/mol. The van der Waals surface area contributed by atoms with Crippen molar-refractivity contribution in [3.8, 4) is 0 Å². The van der Waals surface area contributed by atoms with Crippen LogP contribution in [-0.4, -0.2) is 17.4 Å². The number of aromatic nitrogens is 1. The predicted octanol–water partition coefficient (Wildman–Crippen LogP) is 0.573. The van der Waals surface area contributed by atoms with E-state index in [4.69, 9.17) is 5.73 Å². The number of carbonyl (C=O) groups excluding carboxylic acids is 1. The molecule has 4 heteroatoms. The van der Waals surface area contributed by atoms with E-state index < -0.39 is 0 Å². The van der Waals surface area contributed by atoms with Gasteiger partial charge >= 0.3 is 0 Å². The first-order valence-corrected chi connectivity index (χ1v) is 4.21. The second-order valence-corrected chi connectivity index (χ2v) is 3.17. The highest BCUT2D eigenvalue weighted by Gasteiger charge is 2.23. The summed E-state index contributed by atoms with van der Waals surface area (Å²) < 4.78 is 0. The fraction of sp³-hybridized carbons (Fsp3) is 0.333. The molecule has 4 nitrogen and oxygen atoms in total. The quantitative estimate of drug-likeness (QED) is 0.630. The van der Waals surface area contributed by atoms with Crippen molar-refractivity contribution in [1.82, 2.24) is 4.98 Å². The average Bonchev–Trinajstić information content (AvgIpc) is 2.46. The third-order valence-electron chi connectivity index (χ3n) is 2.20. The maximum atomic E-state index is 11.1. The normalized spacial score (nSPS) is 14.4. The van der Waals surface area contributed by atoms with Crippen LogP contribution in [0.1, 0.15) is 12.5 Å². The molecule has 2 heterocycles. The minimum atomic E-state index is 0.0380. The van der Waals surface area contributed by atoms with Gasteiger partial charge < -0.3 is 5.73 Å². The molecule has 0 aromatic carbocycles. The molecular weight excluding hydrogens is 166 g/mol. The van der Waals surface area contributed by atoms with Crippen LogP contribution in [0.25, 0.3) is 0 Å². The van der Waals surface area contributed by atoms with Gasteiger partial charge in [0.1, 0.15) is 5.82 Å². The Labute approximate surface area is 76.4 Å². The number of hydrogen-bond acceptors (Lipinski definition) is 3. The Kier molecular flexibility index (Phi) is 1.69. The largest absolute Gasteiger partial charge is 0.397 e. The van der Waals surface area contributed by atoms with Crippen LogP contribution in [0.15, 0.2) is 12.3 Å². The standard InChI is InChI=1S/C9H11N3O/c1-6(13)12-3-2-7-4-8(10)5-11-9(7)12/h4-5H,2-3,10H2,1H3. The van der Waals surface area contributed by atoms with Gasteiger partial charge in [-0.15, -0.1) is 0 Å². The Morgan fingerprint density at radius 2 is 2.46 bits per heavy atom. The highest BCUT2D eigenvalue weighted by atomic mass is 16.2. The molecular formula is C9H11N3O. The van der Waals surface area contributed by atoms with E-state index in [1.54, 1.807) is 18.0 Å². The van der Waals surface area contributed by atoms with Crippen molar-refractivity contribution < 1.29 is 4.79 Å². The smallest absolute Gasteiger partial charge is 0.225 e. The highest BCUT2D eigenvalue weighted by molar-refractivity contribution is 5.92. The number of nitrogen functional groups attached to an aromatic ring is 1. The second kappa shape index (κ2) is 2.73. The van der Waals surface area contributed by atoms with Gasteiger partial charge in [-0.3, -0.25) is 9.69 Å².